The number of nitrogens with one attached hydrogen (secondary N) is 2. The summed E-state index contributed by atoms with van der Waals surface area (Å²) in [7, 11) is 1.75. The van der Waals surface area contributed by atoms with E-state index in [4.69, 9.17) is 4.98 Å². The van der Waals surface area contributed by atoms with Gasteiger partial charge < -0.3 is 10.6 Å². The van der Waals surface area contributed by atoms with Crippen molar-refractivity contribution >= 4 is 41.3 Å². The van der Waals surface area contributed by atoms with E-state index in [1.165, 1.54) is 6.07 Å². The van der Waals surface area contributed by atoms with Crippen LogP contribution in [0, 0.1) is 5.82 Å². The highest BCUT2D eigenvalue weighted by molar-refractivity contribution is 14.0. The van der Waals surface area contributed by atoms with Gasteiger partial charge in [-0.1, -0.05) is 39.0 Å². The topological polar surface area (TPSA) is 49.3 Å². The van der Waals surface area contributed by atoms with Gasteiger partial charge in [0.2, 0.25) is 0 Å². The first-order valence-electron chi connectivity index (χ1n) is 8.98. The molecule has 0 spiro atoms. The number of aromatic nitrogens is 1. The van der Waals surface area contributed by atoms with E-state index < -0.39 is 0 Å². The summed E-state index contributed by atoms with van der Waals surface area (Å²) in [6, 6.07) is 7.07. The molecule has 0 saturated heterocycles. The number of thiazole rings is 1. The lowest BCUT2D eigenvalue weighted by molar-refractivity contribution is 0.559. The highest BCUT2D eigenvalue weighted by atomic mass is 127. The Bertz CT molecular complexity index is 793. The van der Waals surface area contributed by atoms with Crippen LogP contribution in [-0.4, -0.2) is 24.5 Å². The second-order valence-corrected chi connectivity index (χ2v) is 8.86. The Labute approximate surface area is 182 Å². The maximum absolute atomic E-state index is 14.1. The van der Waals surface area contributed by atoms with Crippen molar-refractivity contribution in [1.82, 2.24) is 15.6 Å². The molecule has 27 heavy (non-hydrogen) atoms. The van der Waals surface area contributed by atoms with Gasteiger partial charge in [-0.25, -0.2) is 9.37 Å². The maximum Gasteiger partial charge on any atom is 0.191 e. The lowest BCUT2D eigenvalue weighted by Gasteiger charge is -2.19. The fourth-order valence-electron chi connectivity index (χ4n) is 2.95. The van der Waals surface area contributed by atoms with Crippen LogP contribution in [0.3, 0.4) is 0 Å². The van der Waals surface area contributed by atoms with Crippen molar-refractivity contribution in [3.8, 4) is 0 Å². The molecule has 148 valence electrons. The molecule has 1 aromatic heterocycles. The molecule has 1 aliphatic rings. The van der Waals surface area contributed by atoms with Crippen LogP contribution in [0.2, 0.25) is 0 Å². The first kappa shape index (κ1) is 22.1. The molecule has 0 unspecified atom stereocenters. The Kier molecular flexibility index (Phi) is 7.24. The van der Waals surface area contributed by atoms with Crippen molar-refractivity contribution in [1.29, 1.82) is 0 Å². The molecule has 0 radical (unpaired) electrons. The van der Waals surface area contributed by atoms with E-state index >= 15 is 0 Å². The van der Waals surface area contributed by atoms with Crippen molar-refractivity contribution in [2.45, 2.75) is 51.0 Å². The van der Waals surface area contributed by atoms with Gasteiger partial charge in [0.15, 0.2) is 5.96 Å². The minimum Gasteiger partial charge on any atom is -0.356 e. The van der Waals surface area contributed by atoms with Crippen LogP contribution in [0.4, 0.5) is 4.39 Å². The van der Waals surface area contributed by atoms with E-state index in [1.807, 2.05) is 12.1 Å². The molecular formula is C20H28FIN4S. The number of nitrogens with zero attached hydrogens (tertiary/aromatic N) is 2. The number of hydrogen-bond donors (Lipinski definition) is 2. The smallest absolute Gasteiger partial charge is 0.191 e. The van der Waals surface area contributed by atoms with Crippen LogP contribution < -0.4 is 10.6 Å². The summed E-state index contributed by atoms with van der Waals surface area (Å²) in [6.07, 6.45) is 2.00. The number of hydrogen-bond acceptors (Lipinski definition) is 3. The number of benzene rings is 1. The van der Waals surface area contributed by atoms with Crippen molar-refractivity contribution < 1.29 is 4.39 Å². The normalized spacial score (nSPS) is 15.8. The summed E-state index contributed by atoms with van der Waals surface area (Å²) in [6.45, 7) is 7.80. The average molecular weight is 502 g/mol. The van der Waals surface area contributed by atoms with Crippen molar-refractivity contribution in [2.24, 2.45) is 4.99 Å². The number of rotatable bonds is 5. The van der Waals surface area contributed by atoms with Crippen LogP contribution in [0.5, 0.6) is 0 Å². The van der Waals surface area contributed by atoms with Crippen LogP contribution in [-0.2, 0) is 17.4 Å². The molecular weight excluding hydrogens is 474 g/mol. The molecule has 1 aliphatic carbocycles. The zero-order chi connectivity index (χ0) is 18.8. The van der Waals surface area contributed by atoms with Crippen LogP contribution in [0.15, 0.2) is 34.6 Å². The summed E-state index contributed by atoms with van der Waals surface area (Å²) in [5.74, 6) is 0.604. The molecule has 2 N–H and O–H groups in total. The lowest BCUT2D eigenvalue weighted by Crippen LogP contribution is -2.41. The third kappa shape index (κ3) is 5.40. The molecule has 7 heteroatoms. The minimum atomic E-state index is -0.118. The summed E-state index contributed by atoms with van der Waals surface area (Å²) in [5, 5.41) is 9.82. The SMILES string of the molecule is CN=C(NCc1nc(C(C)(C)C)cs1)NCC1(c2ccccc2F)CC1.I. The molecule has 0 aliphatic heterocycles. The molecule has 1 aromatic carbocycles. The van der Waals surface area contributed by atoms with Gasteiger partial charge in [-0.05, 0) is 24.5 Å². The minimum absolute atomic E-state index is 0. The lowest BCUT2D eigenvalue weighted by atomic mass is 9.93. The highest BCUT2D eigenvalue weighted by Gasteiger charge is 2.45. The van der Waals surface area contributed by atoms with E-state index in [2.05, 4.69) is 41.8 Å². The number of aliphatic imine (C=N–C) groups is 1. The van der Waals surface area contributed by atoms with Crippen LogP contribution in [0.1, 0.15) is 49.9 Å². The van der Waals surface area contributed by atoms with Gasteiger partial charge in [-0.2, -0.15) is 0 Å². The Morgan fingerprint density at radius 3 is 2.52 bits per heavy atom. The van der Waals surface area contributed by atoms with E-state index in [9.17, 15) is 4.39 Å². The third-order valence-electron chi connectivity index (χ3n) is 4.84. The molecule has 0 bridgehead atoms. The van der Waals surface area contributed by atoms with Crippen LogP contribution in [0.25, 0.3) is 0 Å². The standard InChI is InChI=1S/C20H27FN4S.HI/c1-19(2,3)16-12-26-17(25-16)11-23-18(22-4)24-13-20(9-10-20)14-7-5-6-8-15(14)21;/h5-8,12H,9-11,13H2,1-4H3,(H2,22,23,24);1H. The first-order chi connectivity index (χ1) is 12.3. The van der Waals surface area contributed by atoms with Gasteiger partial charge >= 0.3 is 0 Å². The van der Waals surface area contributed by atoms with Crippen LogP contribution >= 0.6 is 35.3 Å². The number of halogens is 2. The predicted octanol–water partition coefficient (Wildman–Crippen LogP) is 4.59. The molecule has 0 amide bonds. The Balaban J connectivity index is 0.00000261. The molecule has 3 rings (SSSR count). The summed E-state index contributed by atoms with van der Waals surface area (Å²) in [5.41, 5.74) is 1.87. The monoisotopic (exact) mass is 502 g/mol. The molecule has 1 saturated carbocycles. The van der Waals surface area contributed by atoms with Gasteiger partial charge in [0.05, 0.1) is 12.2 Å². The highest BCUT2D eigenvalue weighted by Crippen LogP contribution is 2.48. The predicted molar refractivity (Wildman–Crippen MR) is 122 cm³/mol. The Morgan fingerprint density at radius 1 is 1.26 bits per heavy atom. The van der Waals surface area contributed by atoms with E-state index in [0.717, 1.165) is 35.1 Å². The van der Waals surface area contributed by atoms with Gasteiger partial charge in [-0.3, -0.25) is 4.99 Å². The number of guanidine groups is 1. The third-order valence-corrected chi connectivity index (χ3v) is 5.69. The fraction of sp³-hybridized carbons (Fsp3) is 0.500. The molecule has 4 nitrogen and oxygen atoms in total. The van der Waals surface area contributed by atoms with Gasteiger partial charge in [0, 0.05) is 29.8 Å². The van der Waals surface area contributed by atoms with E-state index in [0.29, 0.717) is 13.1 Å². The Morgan fingerprint density at radius 2 is 1.96 bits per heavy atom. The van der Waals surface area contributed by atoms with Crippen molar-refractivity contribution in [2.75, 3.05) is 13.6 Å². The summed E-state index contributed by atoms with van der Waals surface area (Å²) < 4.78 is 14.1. The second kappa shape index (κ2) is 8.86. The molecule has 1 heterocycles. The van der Waals surface area contributed by atoms with E-state index in [-0.39, 0.29) is 40.6 Å². The molecule has 2 aromatic rings. The van der Waals surface area contributed by atoms with Crippen molar-refractivity contribution in [3.63, 3.8) is 0 Å². The molecule has 0 atom stereocenters. The summed E-state index contributed by atoms with van der Waals surface area (Å²) in [4.78, 5) is 8.97. The fourth-order valence-corrected chi connectivity index (χ4v) is 3.91. The quantitative estimate of drug-likeness (QED) is 0.357. The summed E-state index contributed by atoms with van der Waals surface area (Å²) >= 11 is 1.66. The van der Waals surface area contributed by atoms with Gasteiger partial charge in [0.1, 0.15) is 10.8 Å². The largest absolute Gasteiger partial charge is 0.356 e. The first-order valence-corrected chi connectivity index (χ1v) is 9.86. The van der Waals surface area contributed by atoms with E-state index in [1.54, 1.807) is 24.5 Å². The second-order valence-electron chi connectivity index (χ2n) is 7.92. The van der Waals surface area contributed by atoms with Gasteiger partial charge in [-0.15, -0.1) is 35.3 Å². The van der Waals surface area contributed by atoms with Crippen molar-refractivity contribution in [3.05, 3.63) is 51.7 Å². The molecule has 1 fully saturated rings. The zero-order valence-corrected chi connectivity index (χ0v) is 19.5. The maximum atomic E-state index is 14.1. The van der Waals surface area contributed by atoms with Gasteiger partial charge in [0.25, 0.3) is 0 Å². The average Bonchev–Trinajstić information content (AvgIpc) is 3.22. The zero-order valence-electron chi connectivity index (χ0n) is 16.3. The Hall–Kier alpha value is -1.22.